The summed E-state index contributed by atoms with van der Waals surface area (Å²) in [5.41, 5.74) is 2.31. The van der Waals surface area contributed by atoms with E-state index in [0.717, 1.165) is 0 Å². The molecule has 0 unspecified atom stereocenters. The Labute approximate surface area is 42.9 Å². The normalized spacial score (nSPS) is 13.6. The lowest BCUT2D eigenvalue weighted by Gasteiger charge is -2.01. The monoisotopic (exact) mass is 102 g/mol. The molecule has 0 aromatic heterocycles. The highest BCUT2D eigenvalue weighted by atomic mass is 16.1. The van der Waals surface area contributed by atoms with Crippen LogP contribution in [0.1, 0.15) is 13.8 Å². The van der Waals surface area contributed by atoms with E-state index >= 15 is 0 Å². The van der Waals surface area contributed by atoms with Gasteiger partial charge in [0.15, 0.2) is 0 Å². The summed E-state index contributed by atoms with van der Waals surface area (Å²) in [5, 5.41) is 0. The topological polar surface area (TPSA) is 55.1 Å². The van der Waals surface area contributed by atoms with Crippen molar-refractivity contribution in [2.75, 3.05) is 0 Å². The van der Waals surface area contributed by atoms with Gasteiger partial charge < -0.3 is 0 Å². The maximum Gasteiger partial charge on any atom is 0.147 e. The lowest BCUT2D eigenvalue weighted by atomic mass is 10.3. The molecule has 0 aromatic carbocycles. The van der Waals surface area contributed by atoms with Crippen molar-refractivity contribution in [3.8, 4) is 0 Å². The summed E-state index contributed by atoms with van der Waals surface area (Å²) >= 11 is 0. The summed E-state index contributed by atoms with van der Waals surface area (Å²) in [6.07, 6.45) is 0. The zero-order valence-electron chi connectivity index (χ0n) is 4.56. The van der Waals surface area contributed by atoms with Crippen LogP contribution in [0.2, 0.25) is 0 Å². The van der Waals surface area contributed by atoms with Gasteiger partial charge in [-0.3, -0.25) is 16.1 Å². The van der Waals surface area contributed by atoms with Crippen LogP contribution in [0.3, 0.4) is 0 Å². The Hall–Kier alpha value is -0.410. The smallest absolute Gasteiger partial charge is 0.147 e. The number of ketones is 1. The second-order valence-electron chi connectivity index (χ2n) is 1.50. The molecule has 0 radical (unpaired) electrons. The first-order valence-corrected chi connectivity index (χ1v) is 2.15. The molecule has 1 atom stereocenters. The molecule has 0 amide bonds. The average Bonchev–Trinajstić information content (AvgIpc) is 1.65. The van der Waals surface area contributed by atoms with Crippen LogP contribution in [0, 0.1) is 0 Å². The van der Waals surface area contributed by atoms with Crippen molar-refractivity contribution in [3.63, 3.8) is 0 Å². The Morgan fingerprint density at radius 2 is 2.29 bits per heavy atom. The van der Waals surface area contributed by atoms with E-state index in [1.807, 2.05) is 0 Å². The summed E-state index contributed by atoms with van der Waals surface area (Å²) in [6, 6.07) is -0.208. The number of Topliss-reactive ketones (excluding diaryl/α,β-unsaturated/α-hetero) is 1. The van der Waals surface area contributed by atoms with Gasteiger partial charge in [0.1, 0.15) is 5.78 Å². The van der Waals surface area contributed by atoms with Gasteiger partial charge in [-0.15, -0.1) is 0 Å². The van der Waals surface area contributed by atoms with Crippen LogP contribution in [-0.2, 0) is 4.79 Å². The van der Waals surface area contributed by atoms with Gasteiger partial charge in [0.2, 0.25) is 0 Å². The molecule has 0 aliphatic carbocycles. The van der Waals surface area contributed by atoms with Crippen molar-refractivity contribution in [2.24, 2.45) is 5.84 Å². The Kier molecular flexibility index (Phi) is 2.55. The van der Waals surface area contributed by atoms with Gasteiger partial charge >= 0.3 is 0 Å². The third kappa shape index (κ3) is 2.31. The molecule has 0 bridgehead atoms. The Balaban J connectivity index is 3.34. The molecule has 3 N–H and O–H groups in total. The first kappa shape index (κ1) is 6.59. The van der Waals surface area contributed by atoms with E-state index in [9.17, 15) is 4.79 Å². The molecule has 0 rings (SSSR count). The fourth-order valence-electron chi connectivity index (χ4n) is 0.117. The molecule has 0 saturated carbocycles. The predicted molar refractivity (Wildman–Crippen MR) is 27.5 cm³/mol. The van der Waals surface area contributed by atoms with Crippen LogP contribution >= 0.6 is 0 Å². The number of hydrazine groups is 1. The molecule has 0 aromatic rings. The molecular weight excluding hydrogens is 92.1 g/mol. The molecule has 7 heavy (non-hydrogen) atoms. The highest BCUT2D eigenvalue weighted by molar-refractivity contribution is 5.80. The van der Waals surface area contributed by atoms with Crippen molar-refractivity contribution in [3.05, 3.63) is 0 Å². The number of hydrogen-bond donors (Lipinski definition) is 2. The second kappa shape index (κ2) is 2.71. The van der Waals surface area contributed by atoms with Crippen LogP contribution in [0.4, 0.5) is 0 Å². The maximum absolute atomic E-state index is 10.2. The van der Waals surface area contributed by atoms with E-state index in [4.69, 9.17) is 5.84 Å². The number of carbonyl (C=O) groups excluding carboxylic acids is 1. The summed E-state index contributed by atoms with van der Waals surface area (Å²) < 4.78 is 0. The Morgan fingerprint density at radius 1 is 1.86 bits per heavy atom. The summed E-state index contributed by atoms with van der Waals surface area (Å²) in [4.78, 5) is 10.2. The van der Waals surface area contributed by atoms with Gasteiger partial charge in [0.05, 0.1) is 6.04 Å². The van der Waals surface area contributed by atoms with Crippen molar-refractivity contribution < 1.29 is 4.79 Å². The maximum atomic E-state index is 10.2. The number of rotatable bonds is 2. The molecule has 42 valence electrons. The molecule has 0 heterocycles. The molecular formula is C4H10N2O. The van der Waals surface area contributed by atoms with E-state index in [1.54, 1.807) is 6.92 Å². The van der Waals surface area contributed by atoms with Crippen molar-refractivity contribution in [1.82, 2.24) is 5.43 Å². The lowest BCUT2D eigenvalue weighted by Crippen LogP contribution is -2.37. The summed E-state index contributed by atoms with van der Waals surface area (Å²) in [6.45, 7) is 3.20. The fourth-order valence-corrected chi connectivity index (χ4v) is 0.117. The van der Waals surface area contributed by atoms with Crippen LogP contribution in [-0.4, -0.2) is 11.8 Å². The average molecular weight is 102 g/mol. The summed E-state index contributed by atoms with van der Waals surface area (Å²) in [5.74, 6) is 4.96. The molecule has 0 saturated heterocycles. The molecule has 0 aliphatic rings. The minimum absolute atomic E-state index is 0.0579. The van der Waals surface area contributed by atoms with E-state index in [-0.39, 0.29) is 11.8 Å². The van der Waals surface area contributed by atoms with Crippen LogP contribution < -0.4 is 11.3 Å². The summed E-state index contributed by atoms with van der Waals surface area (Å²) in [7, 11) is 0. The third-order valence-corrected chi connectivity index (χ3v) is 0.860. The van der Waals surface area contributed by atoms with E-state index in [2.05, 4.69) is 5.43 Å². The lowest BCUT2D eigenvalue weighted by molar-refractivity contribution is -0.118. The zero-order chi connectivity index (χ0) is 5.86. The zero-order valence-corrected chi connectivity index (χ0v) is 4.56. The molecule has 3 heteroatoms. The number of hydrogen-bond acceptors (Lipinski definition) is 3. The highest BCUT2D eigenvalue weighted by Crippen LogP contribution is 1.76. The third-order valence-electron chi connectivity index (χ3n) is 0.860. The minimum atomic E-state index is -0.208. The van der Waals surface area contributed by atoms with Gasteiger partial charge in [0, 0.05) is 0 Å². The SMILES string of the molecule is CC(=O)[C@H](C)NN. The molecule has 3 nitrogen and oxygen atoms in total. The van der Waals surface area contributed by atoms with Crippen LogP contribution in [0.5, 0.6) is 0 Å². The number of nitrogens with two attached hydrogens (primary N) is 1. The Bertz CT molecular complexity index is 72.1. The van der Waals surface area contributed by atoms with Gasteiger partial charge in [-0.25, -0.2) is 0 Å². The van der Waals surface area contributed by atoms with Gasteiger partial charge in [-0.05, 0) is 13.8 Å². The predicted octanol–water partition coefficient (Wildman–Crippen LogP) is -0.573. The standard InChI is InChI=1S/C4H10N2O/c1-3(6-5)4(2)7/h3,6H,5H2,1-2H3/t3-/m0/s1. The van der Waals surface area contributed by atoms with E-state index in [1.165, 1.54) is 6.92 Å². The van der Waals surface area contributed by atoms with Crippen molar-refractivity contribution >= 4 is 5.78 Å². The van der Waals surface area contributed by atoms with Gasteiger partial charge in [0.25, 0.3) is 0 Å². The van der Waals surface area contributed by atoms with Gasteiger partial charge in [-0.2, -0.15) is 0 Å². The largest absolute Gasteiger partial charge is 0.298 e. The van der Waals surface area contributed by atoms with Crippen molar-refractivity contribution in [2.45, 2.75) is 19.9 Å². The van der Waals surface area contributed by atoms with Gasteiger partial charge in [-0.1, -0.05) is 0 Å². The molecule has 0 aliphatic heterocycles. The fraction of sp³-hybridized carbons (Fsp3) is 0.750. The number of carbonyl (C=O) groups is 1. The first-order chi connectivity index (χ1) is 3.18. The second-order valence-corrected chi connectivity index (χ2v) is 1.50. The quantitative estimate of drug-likeness (QED) is 0.362. The van der Waals surface area contributed by atoms with E-state index in [0.29, 0.717) is 0 Å². The van der Waals surface area contributed by atoms with E-state index < -0.39 is 0 Å². The van der Waals surface area contributed by atoms with Crippen LogP contribution in [0.15, 0.2) is 0 Å². The van der Waals surface area contributed by atoms with Crippen molar-refractivity contribution in [1.29, 1.82) is 0 Å². The first-order valence-electron chi connectivity index (χ1n) is 2.15. The highest BCUT2D eigenvalue weighted by Gasteiger charge is 2.00. The Morgan fingerprint density at radius 3 is 2.29 bits per heavy atom. The molecule has 0 spiro atoms. The number of nitrogens with one attached hydrogen (secondary N) is 1. The molecule has 0 fully saturated rings. The van der Waals surface area contributed by atoms with Crippen LogP contribution in [0.25, 0.3) is 0 Å². The minimum Gasteiger partial charge on any atom is -0.298 e.